The van der Waals surface area contributed by atoms with Crippen molar-refractivity contribution in [3.05, 3.63) is 52.7 Å². The second kappa shape index (κ2) is 7.82. The number of aromatic nitrogens is 3. The van der Waals surface area contributed by atoms with Gasteiger partial charge in [0.2, 0.25) is 5.91 Å². The lowest BCUT2D eigenvalue weighted by Crippen LogP contribution is -2.16. The zero-order valence-corrected chi connectivity index (χ0v) is 17.4. The monoisotopic (exact) mass is 433 g/mol. The van der Waals surface area contributed by atoms with Gasteiger partial charge in [0.25, 0.3) is 5.91 Å². The molecule has 0 unspecified atom stereocenters. The SMILES string of the molecule is Cc1nc2c(C(N)=O)cnn2c(C)c1CCC(=O)Nc1cc(S(C)(=O)=O)ccc1F. The molecule has 3 N–H and O–H groups in total. The third-order valence-corrected chi connectivity index (χ3v) is 5.83. The van der Waals surface area contributed by atoms with Crippen LogP contribution < -0.4 is 11.1 Å². The Bertz CT molecular complexity index is 1280. The van der Waals surface area contributed by atoms with Crippen LogP contribution in [0.25, 0.3) is 5.65 Å². The molecule has 2 aromatic heterocycles. The van der Waals surface area contributed by atoms with Gasteiger partial charge in [-0.25, -0.2) is 22.3 Å². The van der Waals surface area contributed by atoms with Gasteiger partial charge >= 0.3 is 0 Å². The Balaban J connectivity index is 1.80. The van der Waals surface area contributed by atoms with Crippen molar-refractivity contribution in [1.29, 1.82) is 0 Å². The number of nitrogens with one attached hydrogen (secondary N) is 1. The Morgan fingerprint density at radius 2 is 1.97 bits per heavy atom. The van der Waals surface area contributed by atoms with Gasteiger partial charge in [-0.1, -0.05) is 0 Å². The number of carbonyl (C=O) groups is 2. The lowest BCUT2D eigenvalue weighted by Gasteiger charge is -2.12. The number of sulfone groups is 1. The number of nitrogens with two attached hydrogens (primary N) is 1. The van der Waals surface area contributed by atoms with Crippen molar-refractivity contribution in [3.63, 3.8) is 0 Å². The van der Waals surface area contributed by atoms with Crippen molar-refractivity contribution in [1.82, 2.24) is 14.6 Å². The summed E-state index contributed by atoms with van der Waals surface area (Å²) >= 11 is 0. The molecule has 2 amide bonds. The van der Waals surface area contributed by atoms with Crippen molar-refractivity contribution in [2.45, 2.75) is 31.6 Å². The van der Waals surface area contributed by atoms with E-state index in [2.05, 4.69) is 15.4 Å². The number of nitrogens with zero attached hydrogens (tertiary/aromatic N) is 3. The van der Waals surface area contributed by atoms with Crippen LogP contribution in [0.5, 0.6) is 0 Å². The minimum absolute atomic E-state index is 0.00134. The lowest BCUT2D eigenvalue weighted by molar-refractivity contribution is -0.116. The Kier molecular flexibility index (Phi) is 5.57. The Labute approximate surface area is 172 Å². The number of amides is 2. The third kappa shape index (κ3) is 4.15. The predicted molar refractivity (Wildman–Crippen MR) is 107 cm³/mol. The van der Waals surface area contributed by atoms with Gasteiger partial charge < -0.3 is 11.1 Å². The van der Waals surface area contributed by atoms with E-state index in [0.29, 0.717) is 17.0 Å². The highest BCUT2D eigenvalue weighted by atomic mass is 32.2. The summed E-state index contributed by atoms with van der Waals surface area (Å²) < 4.78 is 38.7. The van der Waals surface area contributed by atoms with Crippen molar-refractivity contribution in [2.75, 3.05) is 11.6 Å². The molecule has 3 rings (SSSR count). The molecular formula is C19H20FN5O4S. The maximum absolute atomic E-state index is 14.0. The minimum Gasteiger partial charge on any atom is -0.365 e. The van der Waals surface area contributed by atoms with E-state index >= 15 is 0 Å². The molecule has 11 heteroatoms. The molecule has 1 aromatic carbocycles. The number of fused-ring (bicyclic) bond motifs is 1. The van der Waals surface area contributed by atoms with E-state index in [1.54, 1.807) is 13.8 Å². The number of primary amides is 1. The summed E-state index contributed by atoms with van der Waals surface area (Å²) in [6.07, 6.45) is 2.62. The number of carbonyl (C=O) groups excluding carboxylic acids is 2. The summed E-state index contributed by atoms with van der Waals surface area (Å²) in [4.78, 5) is 28.1. The van der Waals surface area contributed by atoms with Crippen LogP contribution in [-0.2, 0) is 21.1 Å². The molecule has 0 spiro atoms. The van der Waals surface area contributed by atoms with Crippen LogP contribution in [0.3, 0.4) is 0 Å². The van der Waals surface area contributed by atoms with E-state index in [1.807, 2.05) is 0 Å². The summed E-state index contributed by atoms with van der Waals surface area (Å²) in [6.45, 7) is 3.52. The average molecular weight is 433 g/mol. The number of aryl methyl sites for hydroxylation is 2. The summed E-state index contributed by atoms with van der Waals surface area (Å²) in [5, 5.41) is 6.53. The average Bonchev–Trinajstić information content (AvgIpc) is 3.06. The largest absolute Gasteiger partial charge is 0.365 e. The van der Waals surface area contributed by atoms with Gasteiger partial charge in [-0.2, -0.15) is 5.10 Å². The summed E-state index contributed by atoms with van der Waals surface area (Å²) in [5.41, 5.74) is 7.73. The fraction of sp³-hybridized carbons (Fsp3) is 0.263. The molecule has 158 valence electrons. The van der Waals surface area contributed by atoms with Gasteiger partial charge in [0.15, 0.2) is 15.5 Å². The number of halogens is 1. The number of hydrogen-bond donors (Lipinski definition) is 2. The van der Waals surface area contributed by atoms with Gasteiger partial charge in [-0.05, 0) is 44.0 Å². The Morgan fingerprint density at radius 3 is 2.60 bits per heavy atom. The maximum atomic E-state index is 14.0. The third-order valence-electron chi connectivity index (χ3n) is 4.72. The fourth-order valence-electron chi connectivity index (χ4n) is 3.13. The number of rotatable bonds is 6. The smallest absolute Gasteiger partial charge is 0.254 e. The standard InChI is InChI=1S/C19H20FN5O4S/c1-10-13(11(2)25-19(23-10)14(9-22-25)18(21)27)5-7-17(26)24-16-8-12(30(3,28)29)4-6-15(16)20/h4,6,8-9H,5,7H2,1-3H3,(H2,21,27)(H,24,26). The first-order valence-electron chi connectivity index (χ1n) is 8.92. The molecule has 3 aromatic rings. The zero-order valence-electron chi connectivity index (χ0n) is 16.6. The van der Waals surface area contributed by atoms with Gasteiger partial charge in [0.05, 0.1) is 16.8 Å². The van der Waals surface area contributed by atoms with Crippen LogP contribution in [0.15, 0.2) is 29.3 Å². The molecule has 0 radical (unpaired) electrons. The van der Waals surface area contributed by atoms with Crippen LogP contribution in [0.2, 0.25) is 0 Å². The van der Waals surface area contributed by atoms with Crippen molar-refractivity contribution in [3.8, 4) is 0 Å². The highest BCUT2D eigenvalue weighted by Crippen LogP contribution is 2.21. The molecule has 0 aliphatic carbocycles. The maximum Gasteiger partial charge on any atom is 0.254 e. The number of hydrogen-bond acceptors (Lipinski definition) is 6. The van der Waals surface area contributed by atoms with Gasteiger partial charge in [0.1, 0.15) is 11.4 Å². The first-order valence-corrected chi connectivity index (χ1v) is 10.8. The molecule has 0 saturated heterocycles. The normalized spacial score (nSPS) is 11.6. The van der Waals surface area contributed by atoms with Crippen LogP contribution >= 0.6 is 0 Å². The first-order chi connectivity index (χ1) is 14.0. The van der Waals surface area contributed by atoms with Gasteiger partial charge in [-0.15, -0.1) is 0 Å². The lowest BCUT2D eigenvalue weighted by atomic mass is 10.1. The molecule has 9 nitrogen and oxygen atoms in total. The molecule has 0 atom stereocenters. The van der Waals surface area contributed by atoms with E-state index < -0.39 is 27.5 Å². The highest BCUT2D eigenvalue weighted by molar-refractivity contribution is 7.90. The van der Waals surface area contributed by atoms with Crippen molar-refractivity contribution >= 4 is 33.0 Å². The predicted octanol–water partition coefficient (Wildman–Crippen LogP) is 1.56. The first kappa shape index (κ1) is 21.4. The van der Waals surface area contributed by atoms with Crippen LogP contribution in [0.1, 0.15) is 33.7 Å². The van der Waals surface area contributed by atoms with Crippen molar-refractivity contribution < 1.29 is 22.4 Å². The number of benzene rings is 1. The van der Waals surface area contributed by atoms with Gasteiger partial charge in [-0.3, -0.25) is 9.59 Å². The van der Waals surface area contributed by atoms with Crippen LogP contribution in [-0.4, -0.2) is 41.1 Å². The molecule has 0 saturated carbocycles. The molecule has 2 heterocycles. The molecule has 0 fully saturated rings. The van der Waals surface area contributed by atoms with E-state index in [9.17, 15) is 22.4 Å². The molecule has 0 aliphatic heterocycles. The van der Waals surface area contributed by atoms with Crippen LogP contribution in [0.4, 0.5) is 10.1 Å². The minimum atomic E-state index is -3.54. The van der Waals surface area contributed by atoms with E-state index in [-0.39, 0.29) is 29.0 Å². The highest BCUT2D eigenvalue weighted by Gasteiger charge is 2.18. The van der Waals surface area contributed by atoms with E-state index in [4.69, 9.17) is 5.73 Å². The second-order valence-corrected chi connectivity index (χ2v) is 8.90. The van der Waals surface area contributed by atoms with E-state index in [0.717, 1.165) is 30.0 Å². The van der Waals surface area contributed by atoms with Gasteiger partial charge in [0, 0.05) is 24.1 Å². The molecular weight excluding hydrogens is 413 g/mol. The molecule has 0 bridgehead atoms. The summed E-state index contributed by atoms with van der Waals surface area (Å²) in [6, 6.07) is 3.21. The molecule has 0 aliphatic rings. The number of anilines is 1. The Hall–Kier alpha value is -3.34. The molecule has 30 heavy (non-hydrogen) atoms. The summed E-state index contributed by atoms with van der Waals surface area (Å²) in [5.74, 6) is -1.86. The second-order valence-electron chi connectivity index (χ2n) is 6.88. The summed E-state index contributed by atoms with van der Waals surface area (Å²) in [7, 11) is -3.54. The van der Waals surface area contributed by atoms with Crippen LogP contribution in [0, 0.1) is 19.7 Å². The fourth-order valence-corrected chi connectivity index (χ4v) is 3.78. The zero-order chi connectivity index (χ0) is 22.2. The quantitative estimate of drug-likeness (QED) is 0.566. The topological polar surface area (TPSA) is 137 Å². The van der Waals surface area contributed by atoms with Crippen molar-refractivity contribution in [2.24, 2.45) is 5.73 Å². The van der Waals surface area contributed by atoms with E-state index in [1.165, 1.54) is 10.7 Å². The Morgan fingerprint density at radius 1 is 1.27 bits per heavy atom.